The Hall–Kier alpha value is -2.05. The first kappa shape index (κ1) is 16.8. The zero-order chi connectivity index (χ0) is 17.2. The molecule has 0 unspecified atom stereocenters. The van der Waals surface area contributed by atoms with Crippen LogP contribution in [0, 0.1) is 0 Å². The van der Waals surface area contributed by atoms with Crippen molar-refractivity contribution in [3.63, 3.8) is 0 Å². The van der Waals surface area contributed by atoms with Gasteiger partial charge in [0.25, 0.3) is 0 Å². The molecule has 1 aromatic heterocycles. The predicted molar refractivity (Wildman–Crippen MR) is 90.2 cm³/mol. The number of hydrogen-bond acceptors (Lipinski definition) is 3. The van der Waals surface area contributed by atoms with Gasteiger partial charge >= 0.3 is 5.97 Å². The molecule has 2 aromatic rings. The highest BCUT2D eigenvalue weighted by Crippen LogP contribution is 2.26. The number of amides is 1. The van der Waals surface area contributed by atoms with E-state index in [9.17, 15) is 9.59 Å². The summed E-state index contributed by atoms with van der Waals surface area (Å²) in [6.07, 6.45) is 2.87. The number of carboxylic acids is 1. The molecule has 1 aliphatic heterocycles. The second-order valence-electron chi connectivity index (χ2n) is 6.19. The molecule has 7 heteroatoms. The fourth-order valence-electron chi connectivity index (χ4n) is 3.21. The number of carbonyl (C=O) groups is 2. The van der Waals surface area contributed by atoms with Crippen molar-refractivity contribution < 1.29 is 19.4 Å². The van der Waals surface area contributed by atoms with Crippen molar-refractivity contribution >= 4 is 34.4 Å². The molecule has 3 N–H and O–H groups in total. The first-order valence-electron chi connectivity index (χ1n) is 7.83. The lowest BCUT2D eigenvalue weighted by Gasteiger charge is -2.36. The number of H-pyrrole nitrogens is 1. The standard InChI is InChI=1S/C17H19ClN2O4/c18-12-1-2-14-13(8-12)11(10-19-14)7-15(21)20-17(9-16(22)23)3-5-24-6-4-17/h1-2,8,10,19H,3-7,9H2,(H,20,21)(H,22,23). The average molecular weight is 351 g/mol. The molecule has 0 radical (unpaired) electrons. The number of rotatable bonds is 5. The number of nitrogens with one attached hydrogen (secondary N) is 2. The molecule has 1 aliphatic rings. The average Bonchev–Trinajstić information content (AvgIpc) is 2.89. The number of fused-ring (bicyclic) bond motifs is 1. The summed E-state index contributed by atoms with van der Waals surface area (Å²) in [7, 11) is 0. The molecule has 1 amide bonds. The zero-order valence-electron chi connectivity index (χ0n) is 13.1. The molecule has 128 valence electrons. The summed E-state index contributed by atoms with van der Waals surface area (Å²) in [4.78, 5) is 26.8. The van der Waals surface area contributed by atoms with Crippen molar-refractivity contribution in [3.05, 3.63) is 35.0 Å². The van der Waals surface area contributed by atoms with Crippen molar-refractivity contribution in [1.29, 1.82) is 0 Å². The van der Waals surface area contributed by atoms with E-state index in [1.54, 1.807) is 12.3 Å². The first-order chi connectivity index (χ1) is 11.5. The highest BCUT2D eigenvalue weighted by Gasteiger charge is 2.36. The smallest absolute Gasteiger partial charge is 0.305 e. The Morgan fingerprint density at radius 3 is 2.79 bits per heavy atom. The largest absolute Gasteiger partial charge is 0.481 e. The number of aromatic nitrogens is 1. The number of halogens is 1. The van der Waals surface area contributed by atoms with Crippen LogP contribution in [0.25, 0.3) is 10.9 Å². The number of hydrogen-bond donors (Lipinski definition) is 3. The zero-order valence-corrected chi connectivity index (χ0v) is 13.9. The summed E-state index contributed by atoms with van der Waals surface area (Å²) in [6.45, 7) is 0.909. The minimum absolute atomic E-state index is 0.0954. The summed E-state index contributed by atoms with van der Waals surface area (Å²) in [5.74, 6) is -1.12. The Kier molecular flexibility index (Phi) is 4.78. The van der Waals surface area contributed by atoms with Crippen LogP contribution in [0.5, 0.6) is 0 Å². The summed E-state index contributed by atoms with van der Waals surface area (Å²) in [5.41, 5.74) is 1.02. The molecule has 24 heavy (non-hydrogen) atoms. The van der Waals surface area contributed by atoms with Crippen LogP contribution in [0.2, 0.25) is 5.02 Å². The molecular weight excluding hydrogens is 332 g/mol. The Bertz CT molecular complexity index is 765. The summed E-state index contributed by atoms with van der Waals surface area (Å²) in [6, 6.07) is 5.47. The predicted octanol–water partition coefficient (Wildman–Crippen LogP) is 2.50. The third kappa shape index (κ3) is 3.71. The van der Waals surface area contributed by atoms with Gasteiger partial charge in [0.15, 0.2) is 0 Å². The van der Waals surface area contributed by atoms with E-state index in [4.69, 9.17) is 21.4 Å². The maximum Gasteiger partial charge on any atom is 0.305 e. The number of aliphatic carboxylic acids is 1. The molecule has 1 fully saturated rings. The van der Waals surface area contributed by atoms with Gasteiger partial charge in [0.1, 0.15) is 0 Å². The van der Waals surface area contributed by atoms with Gasteiger partial charge in [0.2, 0.25) is 5.91 Å². The van der Waals surface area contributed by atoms with Gasteiger partial charge in [-0.25, -0.2) is 0 Å². The van der Waals surface area contributed by atoms with Crippen molar-refractivity contribution in [3.8, 4) is 0 Å². The van der Waals surface area contributed by atoms with Gasteiger partial charge < -0.3 is 20.1 Å². The van der Waals surface area contributed by atoms with Crippen LogP contribution in [0.15, 0.2) is 24.4 Å². The highest BCUT2D eigenvalue weighted by atomic mass is 35.5. The van der Waals surface area contributed by atoms with E-state index in [1.807, 2.05) is 12.1 Å². The molecule has 0 spiro atoms. The molecule has 6 nitrogen and oxygen atoms in total. The Morgan fingerprint density at radius 1 is 1.33 bits per heavy atom. The van der Waals surface area contributed by atoms with Crippen LogP contribution < -0.4 is 5.32 Å². The Morgan fingerprint density at radius 2 is 2.08 bits per heavy atom. The van der Waals surface area contributed by atoms with Crippen LogP contribution in [0.4, 0.5) is 0 Å². The fourth-order valence-corrected chi connectivity index (χ4v) is 3.38. The van der Waals surface area contributed by atoms with Gasteiger partial charge in [-0.3, -0.25) is 9.59 Å². The van der Waals surface area contributed by atoms with Crippen molar-refractivity contribution in [2.45, 2.75) is 31.2 Å². The summed E-state index contributed by atoms with van der Waals surface area (Å²) >= 11 is 6.03. The SMILES string of the molecule is O=C(O)CC1(NC(=O)Cc2c[nH]c3ccc(Cl)cc23)CCOCC1. The first-order valence-corrected chi connectivity index (χ1v) is 8.21. The van der Waals surface area contributed by atoms with Gasteiger partial charge in [0, 0.05) is 35.3 Å². The molecule has 0 saturated carbocycles. The second kappa shape index (κ2) is 6.83. The lowest BCUT2D eigenvalue weighted by atomic mass is 9.86. The molecule has 1 aromatic carbocycles. The van der Waals surface area contributed by atoms with Crippen LogP contribution in [-0.4, -0.2) is 40.7 Å². The summed E-state index contributed by atoms with van der Waals surface area (Å²) < 4.78 is 5.30. The molecule has 3 rings (SSSR count). The van der Waals surface area contributed by atoms with E-state index in [0.29, 0.717) is 31.1 Å². The monoisotopic (exact) mass is 350 g/mol. The number of aromatic amines is 1. The van der Waals surface area contributed by atoms with Crippen molar-refractivity contribution in [2.75, 3.05) is 13.2 Å². The number of benzene rings is 1. The number of carbonyl (C=O) groups excluding carboxylic acids is 1. The minimum atomic E-state index is -0.920. The molecular formula is C17H19ClN2O4. The van der Waals surface area contributed by atoms with E-state index in [0.717, 1.165) is 16.5 Å². The van der Waals surface area contributed by atoms with Gasteiger partial charge in [-0.1, -0.05) is 11.6 Å². The van der Waals surface area contributed by atoms with E-state index >= 15 is 0 Å². The van der Waals surface area contributed by atoms with Gasteiger partial charge in [-0.05, 0) is 36.6 Å². The quantitative estimate of drug-likeness (QED) is 0.772. The van der Waals surface area contributed by atoms with E-state index in [1.165, 1.54) is 0 Å². The van der Waals surface area contributed by atoms with Crippen LogP contribution in [0.3, 0.4) is 0 Å². The van der Waals surface area contributed by atoms with Gasteiger partial charge in [0.05, 0.1) is 18.4 Å². The van der Waals surface area contributed by atoms with Crippen LogP contribution in [0.1, 0.15) is 24.8 Å². The fraction of sp³-hybridized carbons (Fsp3) is 0.412. The molecule has 0 bridgehead atoms. The van der Waals surface area contributed by atoms with Crippen molar-refractivity contribution in [1.82, 2.24) is 10.3 Å². The number of carboxylic acid groups (broad SMARTS) is 1. The topological polar surface area (TPSA) is 91.4 Å². The van der Waals surface area contributed by atoms with Crippen LogP contribution in [-0.2, 0) is 20.7 Å². The lowest BCUT2D eigenvalue weighted by molar-refractivity contribution is -0.140. The Balaban J connectivity index is 1.75. The van der Waals surface area contributed by atoms with E-state index in [2.05, 4.69) is 10.3 Å². The molecule has 1 saturated heterocycles. The second-order valence-corrected chi connectivity index (χ2v) is 6.63. The summed E-state index contributed by atoms with van der Waals surface area (Å²) in [5, 5.41) is 13.6. The van der Waals surface area contributed by atoms with E-state index < -0.39 is 11.5 Å². The number of ether oxygens (including phenoxy) is 1. The minimum Gasteiger partial charge on any atom is -0.481 e. The third-order valence-electron chi connectivity index (χ3n) is 4.42. The molecule has 0 aliphatic carbocycles. The Labute approximate surface area is 144 Å². The van der Waals surface area contributed by atoms with Gasteiger partial charge in [-0.2, -0.15) is 0 Å². The van der Waals surface area contributed by atoms with Gasteiger partial charge in [-0.15, -0.1) is 0 Å². The molecule has 2 heterocycles. The van der Waals surface area contributed by atoms with E-state index in [-0.39, 0.29) is 18.7 Å². The van der Waals surface area contributed by atoms with Crippen molar-refractivity contribution in [2.24, 2.45) is 0 Å². The maximum atomic E-state index is 12.5. The third-order valence-corrected chi connectivity index (χ3v) is 4.66. The maximum absolute atomic E-state index is 12.5. The normalized spacial score (nSPS) is 16.9. The van der Waals surface area contributed by atoms with Crippen LogP contribution >= 0.6 is 11.6 Å². The molecule has 0 atom stereocenters. The lowest BCUT2D eigenvalue weighted by Crippen LogP contribution is -2.53. The highest BCUT2D eigenvalue weighted by molar-refractivity contribution is 6.31.